The standard InChI is InChI=1S/C27H37ClN2O2/c1-18(2)17-32-26-12-10-23(19(3)20(26)4)25-8-6-7-22-16-29(13-14-30(22)25)21-9-11-24(28)27(15-21)31-5/h9-12,15,18,22,25H,6-8,13-14,16-17H2,1-5H3/t22-,25+/m0/s1. The number of hydrogen-bond donors (Lipinski definition) is 0. The van der Waals surface area contributed by atoms with Gasteiger partial charge in [-0.25, -0.2) is 0 Å². The van der Waals surface area contributed by atoms with Crippen molar-refractivity contribution < 1.29 is 9.47 Å². The summed E-state index contributed by atoms with van der Waals surface area (Å²) in [7, 11) is 1.68. The molecule has 174 valence electrons. The molecule has 2 heterocycles. The first-order valence-corrected chi connectivity index (χ1v) is 12.3. The molecular formula is C27H37ClN2O2. The molecule has 0 unspecified atom stereocenters. The maximum Gasteiger partial charge on any atom is 0.139 e. The highest BCUT2D eigenvalue weighted by atomic mass is 35.5. The lowest BCUT2D eigenvalue weighted by molar-refractivity contribution is 0.0712. The third-order valence-corrected chi connectivity index (χ3v) is 7.47. The Morgan fingerprint density at radius 2 is 1.84 bits per heavy atom. The number of benzene rings is 2. The van der Waals surface area contributed by atoms with Gasteiger partial charge in [0.2, 0.25) is 0 Å². The maximum atomic E-state index is 6.25. The van der Waals surface area contributed by atoms with Crippen LogP contribution in [0.4, 0.5) is 5.69 Å². The molecule has 0 N–H and O–H groups in total. The van der Waals surface area contributed by atoms with E-state index in [9.17, 15) is 0 Å². The first-order valence-electron chi connectivity index (χ1n) is 12.0. The number of methoxy groups -OCH3 is 1. The number of hydrogen-bond acceptors (Lipinski definition) is 4. The smallest absolute Gasteiger partial charge is 0.139 e. The van der Waals surface area contributed by atoms with E-state index >= 15 is 0 Å². The lowest BCUT2D eigenvalue weighted by Crippen LogP contribution is -2.56. The second-order valence-corrected chi connectivity index (χ2v) is 10.1. The lowest BCUT2D eigenvalue weighted by atomic mass is 9.86. The fraction of sp³-hybridized carbons (Fsp3) is 0.556. The third-order valence-electron chi connectivity index (χ3n) is 7.15. The summed E-state index contributed by atoms with van der Waals surface area (Å²) < 4.78 is 11.5. The molecule has 0 saturated carbocycles. The van der Waals surface area contributed by atoms with Crippen LogP contribution in [-0.4, -0.2) is 44.3 Å². The second-order valence-electron chi connectivity index (χ2n) is 9.71. The van der Waals surface area contributed by atoms with Crippen LogP contribution in [-0.2, 0) is 0 Å². The van der Waals surface area contributed by atoms with Gasteiger partial charge in [0.1, 0.15) is 11.5 Å². The number of piperazine rings is 1. The monoisotopic (exact) mass is 456 g/mol. The summed E-state index contributed by atoms with van der Waals surface area (Å²) in [6.45, 7) is 12.8. The van der Waals surface area contributed by atoms with Crippen LogP contribution in [0.15, 0.2) is 30.3 Å². The van der Waals surface area contributed by atoms with Crippen LogP contribution >= 0.6 is 11.6 Å². The molecule has 2 fully saturated rings. The van der Waals surface area contributed by atoms with Gasteiger partial charge in [-0.1, -0.05) is 31.5 Å². The minimum atomic E-state index is 0.494. The van der Waals surface area contributed by atoms with Crippen LogP contribution in [0.2, 0.25) is 5.02 Å². The zero-order chi connectivity index (χ0) is 22.8. The summed E-state index contributed by atoms with van der Waals surface area (Å²) in [5, 5.41) is 0.666. The van der Waals surface area contributed by atoms with E-state index in [4.69, 9.17) is 21.1 Å². The zero-order valence-corrected chi connectivity index (χ0v) is 20.9. The maximum absolute atomic E-state index is 6.25. The SMILES string of the molecule is COc1cc(N2CCN3[C@@H](CCC[C@@H]3c3ccc(OCC(C)C)c(C)c3C)C2)ccc1Cl. The van der Waals surface area contributed by atoms with Crippen molar-refractivity contribution >= 4 is 17.3 Å². The van der Waals surface area contributed by atoms with E-state index in [0.717, 1.165) is 37.7 Å². The predicted octanol–water partition coefficient (Wildman–Crippen LogP) is 6.42. The molecule has 32 heavy (non-hydrogen) atoms. The summed E-state index contributed by atoms with van der Waals surface area (Å²) >= 11 is 6.25. The van der Waals surface area contributed by atoms with Gasteiger partial charge in [0.05, 0.1) is 18.7 Å². The highest BCUT2D eigenvalue weighted by Crippen LogP contribution is 2.40. The fourth-order valence-electron chi connectivity index (χ4n) is 5.25. The Kier molecular flexibility index (Phi) is 7.21. The van der Waals surface area contributed by atoms with E-state index in [2.05, 4.69) is 61.8 Å². The van der Waals surface area contributed by atoms with Crippen molar-refractivity contribution in [2.75, 3.05) is 38.3 Å². The molecule has 0 bridgehead atoms. The average molecular weight is 457 g/mol. The molecule has 2 aromatic carbocycles. The van der Waals surface area contributed by atoms with E-state index < -0.39 is 0 Å². The Balaban J connectivity index is 1.51. The average Bonchev–Trinajstić information content (AvgIpc) is 2.79. The van der Waals surface area contributed by atoms with E-state index in [1.165, 1.54) is 41.6 Å². The lowest BCUT2D eigenvalue weighted by Gasteiger charge is -2.49. The predicted molar refractivity (Wildman–Crippen MR) is 134 cm³/mol. The first-order chi connectivity index (χ1) is 15.4. The normalized spacial score (nSPS) is 21.5. The number of nitrogens with zero attached hydrogens (tertiary/aromatic N) is 2. The molecule has 0 aromatic heterocycles. The van der Waals surface area contributed by atoms with Gasteiger partial charge in [-0.3, -0.25) is 4.90 Å². The number of halogens is 1. The number of rotatable bonds is 6. The van der Waals surface area contributed by atoms with Gasteiger partial charge >= 0.3 is 0 Å². The van der Waals surface area contributed by atoms with Crippen LogP contribution in [0.25, 0.3) is 0 Å². The van der Waals surface area contributed by atoms with E-state index in [-0.39, 0.29) is 0 Å². The Hall–Kier alpha value is -1.91. The van der Waals surface area contributed by atoms with Crippen LogP contribution in [0.3, 0.4) is 0 Å². The highest BCUT2D eigenvalue weighted by Gasteiger charge is 2.36. The van der Waals surface area contributed by atoms with Crippen LogP contribution in [0.1, 0.15) is 55.8 Å². The van der Waals surface area contributed by atoms with Crippen molar-refractivity contribution in [2.24, 2.45) is 5.92 Å². The van der Waals surface area contributed by atoms with E-state index in [0.29, 0.717) is 23.0 Å². The summed E-state index contributed by atoms with van der Waals surface area (Å²) in [4.78, 5) is 5.24. The molecule has 0 spiro atoms. The zero-order valence-electron chi connectivity index (χ0n) is 20.2. The van der Waals surface area contributed by atoms with E-state index in [1.807, 2.05) is 6.07 Å². The summed E-state index contributed by atoms with van der Waals surface area (Å²) in [5.74, 6) is 2.32. The van der Waals surface area contributed by atoms with Crippen molar-refractivity contribution in [3.63, 3.8) is 0 Å². The van der Waals surface area contributed by atoms with Crippen LogP contribution in [0, 0.1) is 19.8 Å². The van der Waals surface area contributed by atoms with Gasteiger partial charge in [0.15, 0.2) is 0 Å². The largest absolute Gasteiger partial charge is 0.495 e. The Morgan fingerprint density at radius 1 is 1.03 bits per heavy atom. The minimum Gasteiger partial charge on any atom is -0.495 e. The molecule has 2 aliphatic rings. The van der Waals surface area contributed by atoms with Crippen molar-refractivity contribution in [3.8, 4) is 11.5 Å². The van der Waals surface area contributed by atoms with Crippen molar-refractivity contribution in [1.29, 1.82) is 0 Å². The van der Waals surface area contributed by atoms with Crippen LogP contribution < -0.4 is 14.4 Å². The number of fused-ring (bicyclic) bond motifs is 1. The number of piperidine rings is 1. The molecule has 0 amide bonds. The highest BCUT2D eigenvalue weighted by molar-refractivity contribution is 6.32. The molecular weight excluding hydrogens is 420 g/mol. The molecule has 2 aromatic rings. The first kappa shape index (κ1) is 23.3. The Labute approximate surface area is 198 Å². The number of anilines is 1. The fourth-order valence-corrected chi connectivity index (χ4v) is 5.45. The second kappa shape index (κ2) is 9.93. The Bertz CT molecular complexity index is 945. The van der Waals surface area contributed by atoms with Crippen molar-refractivity contribution in [3.05, 3.63) is 52.0 Å². The topological polar surface area (TPSA) is 24.9 Å². The minimum absolute atomic E-state index is 0.494. The van der Waals surface area contributed by atoms with Gasteiger partial charge in [-0.2, -0.15) is 0 Å². The molecule has 2 aliphatic heterocycles. The van der Waals surface area contributed by atoms with Gasteiger partial charge < -0.3 is 14.4 Å². The summed E-state index contributed by atoms with van der Waals surface area (Å²) in [5.41, 5.74) is 5.36. The molecule has 5 heteroatoms. The molecule has 4 nitrogen and oxygen atoms in total. The quantitative estimate of drug-likeness (QED) is 0.501. The third kappa shape index (κ3) is 4.72. The van der Waals surface area contributed by atoms with Crippen LogP contribution in [0.5, 0.6) is 11.5 Å². The summed E-state index contributed by atoms with van der Waals surface area (Å²) in [6.07, 6.45) is 3.76. The molecule has 0 aliphatic carbocycles. The van der Waals surface area contributed by atoms with Gasteiger partial charge in [0, 0.05) is 43.5 Å². The number of ether oxygens (including phenoxy) is 2. The van der Waals surface area contributed by atoms with Gasteiger partial charge in [-0.15, -0.1) is 0 Å². The molecule has 4 rings (SSSR count). The molecule has 2 atom stereocenters. The van der Waals surface area contributed by atoms with E-state index in [1.54, 1.807) is 7.11 Å². The van der Waals surface area contributed by atoms with Crippen molar-refractivity contribution in [2.45, 2.75) is 59.0 Å². The summed E-state index contributed by atoms with van der Waals surface area (Å²) in [6, 6.07) is 11.7. The molecule has 2 saturated heterocycles. The Morgan fingerprint density at radius 3 is 2.59 bits per heavy atom. The van der Waals surface area contributed by atoms with Gasteiger partial charge in [-0.05, 0) is 73.9 Å². The van der Waals surface area contributed by atoms with Crippen molar-refractivity contribution in [1.82, 2.24) is 4.90 Å². The molecule has 0 radical (unpaired) electrons. The van der Waals surface area contributed by atoms with Gasteiger partial charge in [0.25, 0.3) is 0 Å².